The first kappa shape index (κ1) is 15.4. The van der Waals surface area contributed by atoms with E-state index in [1.165, 1.54) is 28.6 Å². The van der Waals surface area contributed by atoms with Crippen molar-refractivity contribution < 1.29 is 13.3 Å². The van der Waals surface area contributed by atoms with Crippen LogP contribution in [0.1, 0.15) is 11.5 Å². The number of fused-ring (bicyclic) bond motifs is 1. The molecule has 1 atom stereocenters. The van der Waals surface area contributed by atoms with E-state index in [0.29, 0.717) is 12.2 Å². The van der Waals surface area contributed by atoms with Gasteiger partial charge < -0.3 is 5.73 Å². The Bertz CT molecular complexity index is 867. The molecule has 0 aliphatic carbocycles. The van der Waals surface area contributed by atoms with Gasteiger partial charge in [0.25, 0.3) is 15.7 Å². The first-order valence-electron chi connectivity index (χ1n) is 7.02. The minimum atomic E-state index is -4.03. The second kappa shape index (κ2) is 5.64. The van der Waals surface area contributed by atoms with Crippen LogP contribution in [0.25, 0.3) is 0 Å². The summed E-state index contributed by atoms with van der Waals surface area (Å²) in [5, 5.41) is 11.2. The lowest BCUT2D eigenvalue weighted by Gasteiger charge is -2.19. The zero-order valence-corrected chi connectivity index (χ0v) is 12.9. The maximum atomic E-state index is 13.0. The number of anilines is 1. The molecule has 1 aliphatic rings. The van der Waals surface area contributed by atoms with Crippen molar-refractivity contribution in [2.45, 2.75) is 10.8 Å². The molecule has 120 valence electrons. The number of benzene rings is 2. The standard InChI is InChI=1S/C15H15N3O4S/c16-9-11-10-17(13-6-2-1-5-12(11)13)23(21,22)15-8-4-3-7-14(15)18(19)20/h1-8,11H,9-10,16H2. The molecule has 3 rings (SSSR count). The van der Waals surface area contributed by atoms with Crippen LogP contribution in [0.2, 0.25) is 0 Å². The lowest BCUT2D eigenvalue weighted by atomic mass is 10.0. The van der Waals surface area contributed by atoms with Gasteiger partial charge in [-0.15, -0.1) is 0 Å². The molecule has 0 amide bonds. The van der Waals surface area contributed by atoms with Gasteiger partial charge in [0.2, 0.25) is 0 Å². The number of para-hydroxylation sites is 2. The molecule has 7 nitrogen and oxygen atoms in total. The number of sulfonamides is 1. The molecule has 2 aromatic carbocycles. The van der Waals surface area contributed by atoms with Crippen molar-refractivity contribution in [2.24, 2.45) is 5.73 Å². The lowest BCUT2D eigenvalue weighted by Crippen LogP contribution is -2.31. The Balaban J connectivity index is 2.14. The van der Waals surface area contributed by atoms with Crippen molar-refractivity contribution in [3.8, 4) is 0 Å². The van der Waals surface area contributed by atoms with Crippen molar-refractivity contribution >= 4 is 21.4 Å². The van der Waals surface area contributed by atoms with Gasteiger partial charge in [0.15, 0.2) is 4.90 Å². The number of hydrogen-bond acceptors (Lipinski definition) is 5. The highest BCUT2D eigenvalue weighted by atomic mass is 32.2. The first-order valence-corrected chi connectivity index (χ1v) is 8.46. The van der Waals surface area contributed by atoms with Crippen molar-refractivity contribution in [2.75, 3.05) is 17.4 Å². The summed E-state index contributed by atoms with van der Waals surface area (Å²) in [6, 6.07) is 12.4. The summed E-state index contributed by atoms with van der Waals surface area (Å²) in [5.41, 5.74) is 6.69. The van der Waals surface area contributed by atoms with Crippen LogP contribution in [0, 0.1) is 10.1 Å². The van der Waals surface area contributed by atoms with E-state index in [1.54, 1.807) is 12.1 Å². The van der Waals surface area contributed by atoms with Crippen LogP contribution < -0.4 is 10.0 Å². The zero-order chi connectivity index (χ0) is 16.6. The Hall–Kier alpha value is -2.45. The molecular weight excluding hydrogens is 318 g/mol. The minimum absolute atomic E-state index is 0.122. The molecule has 1 heterocycles. The van der Waals surface area contributed by atoms with Gasteiger partial charge in [-0.05, 0) is 17.7 Å². The van der Waals surface area contributed by atoms with E-state index >= 15 is 0 Å². The Kier molecular flexibility index (Phi) is 3.78. The lowest BCUT2D eigenvalue weighted by molar-refractivity contribution is -0.387. The van der Waals surface area contributed by atoms with E-state index in [9.17, 15) is 18.5 Å². The smallest absolute Gasteiger partial charge is 0.289 e. The van der Waals surface area contributed by atoms with Gasteiger partial charge in [0.1, 0.15) is 0 Å². The third-order valence-electron chi connectivity index (χ3n) is 3.95. The van der Waals surface area contributed by atoms with Crippen LogP contribution in [0.5, 0.6) is 0 Å². The maximum absolute atomic E-state index is 13.0. The number of nitro benzene ring substituents is 1. The summed E-state index contributed by atoms with van der Waals surface area (Å²) in [5.74, 6) is -0.122. The zero-order valence-electron chi connectivity index (χ0n) is 12.1. The number of nitrogens with zero attached hydrogens (tertiary/aromatic N) is 2. The van der Waals surface area contributed by atoms with Crippen LogP contribution in [0.4, 0.5) is 11.4 Å². The predicted octanol–water partition coefficient (Wildman–Crippen LogP) is 1.85. The first-order chi connectivity index (χ1) is 11.0. The quantitative estimate of drug-likeness (QED) is 0.679. The molecule has 0 saturated carbocycles. The number of hydrogen-bond donors (Lipinski definition) is 1. The summed E-state index contributed by atoms with van der Waals surface area (Å²) in [7, 11) is -4.03. The largest absolute Gasteiger partial charge is 0.330 e. The fraction of sp³-hybridized carbons (Fsp3) is 0.200. The summed E-state index contributed by atoms with van der Waals surface area (Å²) >= 11 is 0. The molecule has 0 saturated heterocycles. The summed E-state index contributed by atoms with van der Waals surface area (Å²) in [4.78, 5) is 10.2. The van der Waals surface area contributed by atoms with Gasteiger partial charge in [-0.2, -0.15) is 0 Å². The molecule has 0 bridgehead atoms. The van der Waals surface area contributed by atoms with Gasteiger partial charge in [0.05, 0.1) is 10.6 Å². The van der Waals surface area contributed by atoms with Gasteiger partial charge in [-0.1, -0.05) is 30.3 Å². The molecule has 23 heavy (non-hydrogen) atoms. The second-order valence-corrected chi connectivity index (χ2v) is 7.08. The fourth-order valence-electron chi connectivity index (χ4n) is 2.83. The number of nitrogens with two attached hydrogens (primary N) is 1. The van der Waals surface area contributed by atoms with Crippen molar-refractivity contribution in [3.05, 3.63) is 64.2 Å². The van der Waals surface area contributed by atoms with Crippen molar-refractivity contribution in [3.63, 3.8) is 0 Å². The number of rotatable bonds is 4. The predicted molar refractivity (Wildman–Crippen MR) is 85.9 cm³/mol. The van der Waals surface area contributed by atoms with E-state index < -0.39 is 20.6 Å². The van der Waals surface area contributed by atoms with Crippen LogP contribution in [-0.4, -0.2) is 26.4 Å². The van der Waals surface area contributed by atoms with Gasteiger partial charge in [-0.3, -0.25) is 14.4 Å². The monoisotopic (exact) mass is 333 g/mol. The van der Waals surface area contributed by atoms with E-state index in [1.807, 2.05) is 12.1 Å². The van der Waals surface area contributed by atoms with Gasteiger partial charge >= 0.3 is 0 Å². The number of nitro groups is 1. The molecule has 0 spiro atoms. The van der Waals surface area contributed by atoms with E-state index in [-0.39, 0.29) is 17.4 Å². The minimum Gasteiger partial charge on any atom is -0.330 e. The average molecular weight is 333 g/mol. The molecular formula is C15H15N3O4S. The third-order valence-corrected chi connectivity index (χ3v) is 5.77. The highest BCUT2D eigenvalue weighted by Crippen LogP contribution is 2.40. The van der Waals surface area contributed by atoms with Gasteiger partial charge in [0, 0.05) is 25.1 Å². The van der Waals surface area contributed by atoms with Crippen LogP contribution >= 0.6 is 0 Å². The van der Waals surface area contributed by atoms with E-state index in [2.05, 4.69) is 0 Å². The fourth-order valence-corrected chi connectivity index (χ4v) is 4.53. The normalized spacial score (nSPS) is 17.1. The molecule has 1 unspecified atom stereocenters. The van der Waals surface area contributed by atoms with Crippen LogP contribution in [0.15, 0.2) is 53.4 Å². The summed E-state index contributed by atoms with van der Waals surface area (Å²) in [6.07, 6.45) is 0. The Morgan fingerprint density at radius 1 is 1.17 bits per heavy atom. The highest BCUT2D eigenvalue weighted by molar-refractivity contribution is 7.93. The Labute approximate surface area is 133 Å². The van der Waals surface area contributed by atoms with E-state index in [0.717, 1.165) is 5.56 Å². The molecule has 2 aromatic rings. The van der Waals surface area contributed by atoms with Crippen LogP contribution in [0.3, 0.4) is 0 Å². The van der Waals surface area contributed by atoms with E-state index in [4.69, 9.17) is 5.73 Å². The molecule has 0 fully saturated rings. The summed E-state index contributed by atoms with van der Waals surface area (Å²) in [6.45, 7) is 0.490. The molecule has 1 aliphatic heterocycles. The molecule has 2 N–H and O–H groups in total. The highest BCUT2D eigenvalue weighted by Gasteiger charge is 2.38. The van der Waals surface area contributed by atoms with Gasteiger partial charge in [-0.25, -0.2) is 8.42 Å². The summed E-state index contributed by atoms with van der Waals surface area (Å²) < 4.78 is 27.1. The maximum Gasteiger partial charge on any atom is 0.289 e. The molecule has 0 aromatic heterocycles. The topological polar surface area (TPSA) is 107 Å². The molecule has 8 heteroatoms. The SMILES string of the molecule is NCC1CN(S(=O)(=O)c2ccccc2[N+](=O)[O-])c2ccccc21. The second-order valence-electron chi connectivity index (χ2n) is 5.25. The molecule has 0 radical (unpaired) electrons. The Morgan fingerprint density at radius 2 is 1.83 bits per heavy atom. The van der Waals surface area contributed by atoms with Crippen molar-refractivity contribution in [1.82, 2.24) is 0 Å². The van der Waals surface area contributed by atoms with Crippen LogP contribution in [-0.2, 0) is 10.0 Å². The average Bonchev–Trinajstić information content (AvgIpc) is 2.94. The Morgan fingerprint density at radius 3 is 2.52 bits per heavy atom. The van der Waals surface area contributed by atoms with Crippen molar-refractivity contribution in [1.29, 1.82) is 0 Å². The third kappa shape index (κ3) is 2.45.